The number of ether oxygens (including phenoxy) is 1. The molecular formula is C12H20N4O. The van der Waals surface area contributed by atoms with E-state index in [9.17, 15) is 0 Å². The van der Waals surface area contributed by atoms with Gasteiger partial charge in [0.1, 0.15) is 11.9 Å². The van der Waals surface area contributed by atoms with Gasteiger partial charge in [-0.3, -0.25) is 0 Å². The van der Waals surface area contributed by atoms with E-state index in [4.69, 9.17) is 16.2 Å². The minimum absolute atomic E-state index is 0.164. The number of hydrogen-bond acceptors (Lipinski definition) is 5. The molecular weight excluding hydrogens is 216 g/mol. The predicted molar refractivity (Wildman–Crippen MR) is 67.5 cm³/mol. The SMILES string of the molecule is CC1CCC(Oc2cc(N)nc(N)n2)CC1C. The molecule has 0 radical (unpaired) electrons. The highest BCUT2D eigenvalue weighted by Gasteiger charge is 2.26. The van der Waals surface area contributed by atoms with Gasteiger partial charge >= 0.3 is 0 Å². The Morgan fingerprint density at radius 1 is 1.18 bits per heavy atom. The minimum atomic E-state index is 0.164. The number of nitrogens with two attached hydrogens (primary N) is 2. The maximum Gasteiger partial charge on any atom is 0.225 e. The van der Waals surface area contributed by atoms with Gasteiger partial charge in [0, 0.05) is 6.07 Å². The predicted octanol–water partition coefficient (Wildman–Crippen LogP) is 1.84. The van der Waals surface area contributed by atoms with Gasteiger partial charge < -0.3 is 16.2 Å². The van der Waals surface area contributed by atoms with Crippen LogP contribution in [0.2, 0.25) is 0 Å². The molecule has 1 aliphatic rings. The molecule has 1 heterocycles. The minimum Gasteiger partial charge on any atom is -0.474 e. The summed E-state index contributed by atoms with van der Waals surface area (Å²) in [5.74, 6) is 2.46. The first-order valence-electron chi connectivity index (χ1n) is 6.11. The smallest absolute Gasteiger partial charge is 0.225 e. The van der Waals surface area contributed by atoms with Crippen molar-refractivity contribution in [1.29, 1.82) is 0 Å². The molecule has 3 unspecified atom stereocenters. The number of anilines is 2. The summed E-state index contributed by atoms with van der Waals surface area (Å²) >= 11 is 0. The first-order valence-corrected chi connectivity index (χ1v) is 6.11. The Morgan fingerprint density at radius 2 is 1.94 bits per heavy atom. The number of aromatic nitrogens is 2. The Kier molecular flexibility index (Phi) is 3.36. The standard InChI is InChI=1S/C12H20N4O/c1-7-3-4-9(5-8(7)2)17-11-6-10(13)15-12(14)16-11/h6-9H,3-5H2,1-2H3,(H4,13,14,15,16). The summed E-state index contributed by atoms with van der Waals surface area (Å²) in [6, 6.07) is 1.62. The summed E-state index contributed by atoms with van der Waals surface area (Å²) in [7, 11) is 0. The molecule has 3 atom stereocenters. The molecule has 0 aliphatic heterocycles. The van der Waals surface area contributed by atoms with Crippen LogP contribution in [0.4, 0.5) is 11.8 Å². The zero-order chi connectivity index (χ0) is 12.4. The number of nitrogens with zero attached hydrogens (tertiary/aromatic N) is 2. The van der Waals surface area contributed by atoms with Crippen molar-refractivity contribution in [1.82, 2.24) is 9.97 Å². The third-order valence-corrected chi connectivity index (χ3v) is 3.58. The molecule has 0 saturated heterocycles. The Labute approximate surface area is 102 Å². The van der Waals surface area contributed by atoms with Crippen molar-refractivity contribution >= 4 is 11.8 Å². The summed E-state index contributed by atoms with van der Waals surface area (Å²) in [5.41, 5.74) is 11.1. The van der Waals surface area contributed by atoms with E-state index in [1.54, 1.807) is 6.07 Å². The largest absolute Gasteiger partial charge is 0.474 e. The van der Waals surface area contributed by atoms with Gasteiger partial charge in [0.2, 0.25) is 11.8 Å². The lowest BCUT2D eigenvalue weighted by Crippen LogP contribution is -2.29. The van der Waals surface area contributed by atoms with Gasteiger partial charge in [0.15, 0.2) is 0 Å². The van der Waals surface area contributed by atoms with E-state index in [0.29, 0.717) is 17.6 Å². The Hall–Kier alpha value is -1.52. The molecule has 0 aromatic carbocycles. The van der Waals surface area contributed by atoms with Crippen LogP contribution in [0, 0.1) is 11.8 Å². The first kappa shape index (κ1) is 12.0. The number of rotatable bonds is 2. The van der Waals surface area contributed by atoms with Crippen LogP contribution < -0.4 is 16.2 Å². The van der Waals surface area contributed by atoms with Gasteiger partial charge in [-0.15, -0.1) is 0 Å². The van der Waals surface area contributed by atoms with Gasteiger partial charge in [0.25, 0.3) is 0 Å². The molecule has 0 amide bonds. The van der Waals surface area contributed by atoms with Crippen LogP contribution in [0.3, 0.4) is 0 Å². The van der Waals surface area contributed by atoms with Gasteiger partial charge in [-0.1, -0.05) is 13.8 Å². The van der Waals surface area contributed by atoms with Gasteiger partial charge in [-0.05, 0) is 31.1 Å². The lowest BCUT2D eigenvalue weighted by Gasteiger charge is -2.31. The third-order valence-electron chi connectivity index (χ3n) is 3.58. The highest BCUT2D eigenvalue weighted by Crippen LogP contribution is 2.31. The Bertz CT molecular complexity index is 376. The maximum absolute atomic E-state index is 5.82. The summed E-state index contributed by atoms with van der Waals surface area (Å²) in [4.78, 5) is 7.86. The summed E-state index contributed by atoms with van der Waals surface area (Å²) in [6.45, 7) is 4.56. The zero-order valence-electron chi connectivity index (χ0n) is 10.4. The molecule has 5 heteroatoms. The van der Waals surface area contributed by atoms with Gasteiger partial charge in [-0.2, -0.15) is 9.97 Å². The fraction of sp³-hybridized carbons (Fsp3) is 0.667. The monoisotopic (exact) mass is 236 g/mol. The van der Waals surface area contributed by atoms with Crippen molar-refractivity contribution in [3.05, 3.63) is 6.07 Å². The molecule has 1 aromatic heterocycles. The van der Waals surface area contributed by atoms with Crippen molar-refractivity contribution in [3.63, 3.8) is 0 Å². The van der Waals surface area contributed by atoms with E-state index in [2.05, 4.69) is 23.8 Å². The van der Waals surface area contributed by atoms with Crippen molar-refractivity contribution in [2.45, 2.75) is 39.2 Å². The summed E-state index contributed by atoms with van der Waals surface area (Å²) < 4.78 is 5.82. The van der Waals surface area contributed by atoms with E-state index in [0.717, 1.165) is 18.8 Å². The molecule has 2 rings (SSSR count). The van der Waals surface area contributed by atoms with Gasteiger partial charge in [0.05, 0.1) is 0 Å². The average molecular weight is 236 g/mol. The molecule has 1 saturated carbocycles. The average Bonchev–Trinajstić information content (AvgIpc) is 2.22. The fourth-order valence-electron chi connectivity index (χ4n) is 2.30. The quantitative estimate of drug-likeness (QED) is 0.818. The van der Waals surface area contributed by atoms with Crippen molar-refractivity contribution in [2.75, 3.05) is 11.5 Å². The number of hydrogen-bond donors (Lipinski definition) is 2. The fourth-order valence-corrected chi connectivity index (χ4v) is 2.30. The van der Waals surface area contributed by atoms with Gasteiger partial charge in [-0.25, -0.2) is 0 Å². The summed E-state index contributed by atoms with van der Waals surface area (Å²) in [6.07, 6.45) is 3.54. The van der Waals surface area contributed by atoms with Crippen LogP contribution >= 0.6 is 0 Å². The molecule has 5 nitrogen and oxygen atoms in total. The van der Waals surface area contributed by atoms with E-state index in [-0.39, 0.29) is 12.1 Å². The molecule has 0 spiro atoms. The molecule has 94 valence electrons. The lowest BCUT2D eigenvalue weighted by molar-refractivity contribution is 0.0966. The van der Waals surface area contributed by atoms with Crippen molar-refractivity contribution in [3.8, 4) is 5.88 Å². The van der Waals surface area contributed by atoms with Crippen LogP contribution in [0.5, 0.6) is 5.88 Å². The molecule has 1 aliphatic carbocycles. The molecule has 1 fully saturated rings. The van der Waals surface area contributed by atoms with E-state index in [1.807, 2.05) is 0 Å². The van der Waals surface area contributed by atoms with Crippen LogP contribution in [0.25, 0.3) is 0 Å². The zero-order valence-corrected chi connectivity index (χ0v) is 10.4. The summed E-state index contributed by atoms with van der Waals surface area (Å²) in [5, 5.41) is 0. The second-order valence-electron chi connectivity index (χ2n) is 5.00. The van der Waals surface area contributed by atoms with Crippen LogP contribution in [0.1, 0.15) is 33.1 Å². The van der Waals surface area contributed by atoms with Crippen molar-refractivity contribution < 1.29 is 4.74 Å². The second kappa shape index (κ2) is 4.77. The van der Waals surface area contributed by atoms with E-state index in [1.165, 1.54) is 6.42 Å². The highest BCUT2D eigenvalue weighted by molar-refractivity contribution is 5.38. The molecule has 1 aromatic rings. The Balaban J connectivity index is 2.01. The molecule has 17 heavy (non-hydrogen) atoms. The molecule has 4 N–H and O–H groups in total. The lowest BCUT2D eigenvalue weighted by atomic mass is 9.80. The van der Waals surface area contributed by atoms with Crippen LogP contribution in [0.15, 0.2) is 6.07 Å². The Morgan fingerprint density at radius 3 is 2.59 bits per heavy atom. The highest BCUT2D eigenvalue weighted by atomic mass is 16.5. The first-order chi connectivity index (χ1) is 8.04. The van der Waals surface area contributed by atoms with Crippen LogP contribution in [-0.4, -0.2) is 16.1 Å². The number of nitrogen functional groups attached to an aromatic ring is 2. The maximum atomic E-state index is 5.82. The third kappa shape index (κ3) is 2.99. The molecule has 0 bridgehead atoms. The topological polar surface area (TPSA) is 87.0 Å². The van der Waals surface area contributed by atoms with Crippen molar-refractivity contribution in [2.24, 2.45) is 11.8 Å². The van der Waals surface area contributed by atoms with E-state index >= 15 is 0 Å². The second-order valence-corrected chi connectivity index (χ2v) is 5.00. The van der Waals surface area contributed by atoms with E-state index < -0.39 is 0 Å². The van der Waals surface area contributed by atoms with Crippen LogP contribution in [-0.2, 0) is 0 Å². The normalized spacial score (nSPS) is 28.9.